The summed E-state index contributed by atoms with van der Waals surface area (Å²) >= 11 is 0. The lowest BCUT2D eigenvalue weighted by Crippen LogP contribution is -2.46. The van der Waals surface area contributed by atoms with E-state index in [1.165, 1.54) is 44.9 Å². The van der Waals surface area contributed by atoms with Crippen molar-refractivity contribution in [3.63, 3.8) is 0 Å². The zero-order valence-electron chi connectivity index (χ0n) is 9.76. The topological polar surface area (TPSA) is 38.0 Å². The first kappa shape index (κ1) is 12.0. The lowest BCUT2D eigenvalue weighted by atomic mass is 9.77. The summed E-state index contributed by atoms with van der Waals surface area (Å²) in [5.74, 6) is 7.30. The Labute approximate surface area is 88.6 Å². The predicted octanol–water partition coefficient (Wildman–Crippen LogP) is 2.83. The second-order valence-electron chi connectivity index (χ2n) is 4.67. The first-order chi connectivity index (χ1) is 6.83. The summed E-state index contributed by atoms with van der Waals surface area (Å²) in [7, 11) is 0. The van der Waals surface area contributed by atoms with Gasteiger partial charge in [-0.05, 0) is 24.7 Å². The third-order valence-electron chi connectivity index (χ3n) is 3.91. The molecule has 0 amide bonds. The van der Waals surface area contributed by atoms with E-state index in [0.29, 0.717) is 6.04 Å². The molecule has 1 aliphatic rings. The van der Waals surface area contributed by atoms with Crippen molar-refractivity contribution >= 4 is 0 Å². The van der Waals surface area contributed by atoms with Crippen LogP contribution in [-0.4, -0.2) is 6.04 Å². The standard InChI is InChI=1S/C12H26N2/c1-3-10(4-2)12(14-13)11-8-6-5-7-9-11/h10-12,14H,3-9,13H2,1-2H3. The number of nitrogens with two attached hydrogens (primary N) is 1. The number of hydrogen-bond donors (Lipinski definition) is 2. The third-order valence-corrected chi connectivity index (χ3v) is 3.91. The minimum atomic E-state index is 0.560. The minimum Gasteiger partial charge on any atom is -0.271 e. The van der Waals surface area contributed by atoms with Crippen LogP contribution in [0.1, 0.15) is 58.8 Å². The van der Waals surface area contributed by atoms with Crippen LogP contribution in [0.5, 0.6) is 0 Å². The van der Waals surface area contributed by atoms with E-state index in [1.54, 1.807) is 0 Å². The fraction of sp³-hybridized carbons (Fsp3) is 1.00. The molecule has 0 saturated heterocycles. The van der Waals surface area contributed by atoms with Crippen molar-refractivity contribution in [2.24, 2.45) is 17.7 Å². The van der Waals surface area contributed by atoms with Crippen molar-refractivity contribution in [3.8, 4) is 0 Å². The summed E-state index contributed by atoms with van der Waals surface area (Å²) in [5, 5.41) is 0. The fourth-order valence-electron chi connectivity index (χ4n) is 2.95. The van der Waals surface area contributed by atoms with Gasteiger partial charge < -0.3 is 0 Å². The number of hydrazine groups is 1. The normalized spacial score (nSPS) is 21.4. The van der Waals surface area contributed by atoms with Crippen molar-refractivity contribution in [1.29, 1.82) is 0 Å². The molecular formula is C12H26N2. The van der Waals surface area contributed by atoms with Gasteiger partial charge in [-0.1, -0.05) is 46.0 Å². The molecular weight excluding hydrogens is 172 g/mol. The van der Waals surface area contributed by atoms with Gasteiger partial charge in [0.25, 0.3) is 0 Å². The van der Waals surface area contributed by atoms with Crippen molar-refractivity contribution < 1.29 is 0 Å². The second-order valence-corrected chi connectivity index (χ2v) is 4.67. The number of nitrogens with one attached hydrogen (secondary N) is 1. The Bertz CT molecular complexity index is 137. The summed E-state index contributed by atoms with van der Waals surface area (Å²) in [4.78, 5) is 0. The van der Waals surface area contributed by atoms with Gasteiger partial charge in [0.05, 0.1) is 0 Å². The van der Waals surface area contributed by atoms with Gasteiger partial charge in [0, 0.05) is 6.04 Å². The Kier molecular flexibility index (Phi) is 5.49. The molecule has 1 fully saturated rings. The quantitative estimate of drug-likeness (QED) is 0.526. The Hall–Kier alpha value is -0.0800. The summed E-state index contributed by atoms with van der Waals surface area (Å²) in [5.41, 5.74) is 3.07. The van der Waals surface area contributed by atoms with Gasteiger partial charge in [-0.25, -0.2) is 0 Å². The maximum Gasteiger partial charge on any atom is 0.0266 e. The SMILES string of the molecule is CCC(CC)C(NN)C1CCCCC1. The Morgan fingerprint density at radius 1 is 1.14 bits per heavy atom. The van der Waals surface area contributed by atoms with Gasteiger partial charge in [0.2, 0.25) is 0 Å². The summed E-state index contributed by atoms with van der Waals surface area (Å²) < 4.78 is 0. The lowest BCUT2D eigenvalue weighted by Gasteiger charge is -2.34. The molecule has 1 aliphatic carbocycles. The van der Waals surface area contributed by atoms with Gasteiger partial charge in [0.15, 0.2) is 0 Å². The Morgan fingerprint density at radius 3 is 2.14 bits per heavy atom. The first-order valence-corrected chi connectivity index (χ1v) is 6.29. The molecule has 84 valence electrons. The molecule has 1 atom stereocenters. The van der Waals surface area contributed by atoms with E-state index >= 15 is 0 Å². The largest absolute Gasteiger partial charge is 0.271 e. The van der Waals surface area contributed by atoms with Gasteiger partial charge in [-0.2, -0.15) is 0 Å². The van der Waals surface area contributed by atoms with E-state index in [4.69, 9.17) is 5.84 Å². The van der Waals surface area contributed by atoms with Crippen molar-refractivity contribution in [2.75, 3.05) is 0 Å². The summed E-state index contributed by atoms with van der Waals surface area (Å²) in [6.45, 7) is 4.56. The molecule has 3 N–H and O–H groups in total. The third kappa shape index (κ3) is 2.96. The minimum absolute atomic E-state index is 0.560. The Balaban J connectivity index is 2.49. The van der Waals surface area contributed by atoms with Crippen molar-refractivity contribution in [3.05, 3.63) is 0 Å². The van der Waals surface area contributed by atoms with Crippen LogP contribution in [0.15, 0.2) is 0 Å². The van der Waals surface area contributed by atoms with Crippen molar-refractivity contribution in [1.82, 2.24) is 5.43 Å². The molecule has 0 aliphatic heterocycles. The van der Waals surface area contributed by atoms with Gasteiger partial charge in [0.1, 0.15) is 0 Å². The molecule has 0 aromatic rings. The highest BCUT2D eigenvalue weighted by molar-refractivity contribution is 4.82. The average molecular weight is 198 g/mol. The average Bonchev–Trinajstić information content (AvgIpc) is 2.27. The molecule has 0 aromatic heterocycles. The van der Waals surface area contributed by atoms with Crippen LogP contribution < -0.4 is 11.3 Å². The van der Waals surface area contributed by atoms with E-state index < -0.39 is 0 Å². The monoisotopic (exact) mass is 198 g/mol. The number of rotatable bonds is 5. The molecule has 0 radical (unpaired) electrons. The molecule has 1 rings (SSSR count). The molecule has 0 bridgehead atoms. The zero-order valence-corrected chi connectivity index (χ0v) is 9.76. The van der Waals surface area contributed by atoms with Crippen LogP contribution in [0, 0.1) is 11.8 Å². The highest BCUT2D eigenvalue weighted by Crippen LogP contribution is 2.31. The number of hydrogen-bond acceptors (Lipinski definition) is 2. The van der Waals surface area contributed by atoms with E-state index in [2.05, 4.69) is 19.3 Å². The molecule has 0 aromatic carbocycles. The summed E-state index contributed by atoms with van der Waals surface area (Å²) in [6.07, 6.45) is 9.50. The highest BCUT2D eigenvalue weighted by Gasteiger charge is 2.27. The second kappa shape index (κ2) is 6.41. The first-order valence-electron chi connectivity index (χ1n) is 6.29. The van der Waals surface area contributed by atoms with Gasteiger partial charge in [-0.15, -0.1) is 0 Å². The van der Waals surface area contributed by atoms with Crippen LogP contribution in [0.25, 0.3) is 0 Å². The van der Waals surface area contributed by atoms with Crippen LogP contribution in [0.4, 0.5) is 0 Å². The van der Waals surface area contributed by atoms with Gasteiger partial charge in [-0.3, -0.25) is 11.3 Å². The van der Waals surface area contributed by atoms with Crippen LogP contribution in [-0.2, 0) is 0 Å². The molecule has 2 nitrogen and oxygen atoms in total. The smallest absolute Gasteiger partial charge is 0.0266 e. The van der Waals surface area contributed by atoms with E-state index in [-0.39, 0.29) is 0 Å². The zero-order chi connectivity index (χ0) is 10.4. The molecule has 2 heteroatoms. The Morgan fingerprint density at radius 2 is 1.71 bits per heavy atom. The van der Waals surface area contributed by atoms with E-state index in [0.717, 1.165) is 11.8 Å². The molecule has 1 saturated carbocycles. The fourth-order valence-corrected chi connectivity index (χ4v) is 2.95. The van der Waals surface area contributed by atoms with E-state index in [1.807, 2.05) is 0 Å². The van der Waals surface area contributed by atoms with Gasteiger partial charge >= 0.3 is 0 Å². The van der Waals surface area contributed by atoms with Crippen LogP contribution >= 0.6 is 0 Å². The van der Waals surface area contributed by atoms with Crippen LogP contribution in [0.3, 0.4) is 0 Å². The molecule has 0 heterocycles. The van der Waals surface area contributed by atoms with E-state index in [9.17, 15) is 0 Å². The maximum atomic E-state index is 5.71. The molecule has 1 unspecified atom stereocenters. The predicted molar refractivity (Wildman–Crippen MR) is 61.8 cm³/mol. The summed E-state index contributed by atoms with van der Waals surface area (Å²) in [6, 6.07) is 0.560. The maximum absolute atomic E-state index is 5.71. The molecule has 14 heavy (non-hydrogen) atoms. The molecule has 0 spiro atoms. The lowest BCUT2D eigenvalue weighted by molar-refractivity contribution is 0.199. The van der Waals surface area contributed by atoms with Crippen molar-refractivity contribution in [2.45, 2.75) is 64.8 Å². The highest BCUT2D eigenvalue weighted by atomic mass is 15.2. The van der Waals surface area contributed by atoms with Crippen LogP contribution in [0.2, 0.25) is 0 Å².